The van der Waals surface area contributed by atoms with Gasteiger partial charge in [0.2, 0.25) is 0 Å². The SMILES string of the molecule is Cc1ccccc1-c1c[nH]c(=O)c2cc(O[C@H](C)C(=O)N3CCC(N(C)C)CC3)ccc12. The maximum absolute atomic E-state index is 12.9. The van der Waals surface area contributed by atoms with E-state index in [1.54, 1.807) is 19.2 Å². The van der Waals surface area contributed by atoms with Crippen LogP contribution in [0.4, 0.5) is 0 Å². The van der Waals surface area contributed by atoms with Gasteiger partial charge in [0.25, 0.3) is 11.5 Å². The lowest BCUT2D eigenvalue weighted by atomic mass is 9.97. The number of fused-ring (bicyclic) bond motifs is 1. The summed E-state index contributed by atoms with van der Waals surface area (Å²) in [5, 5.41) is 1.41. The zero-order valence-electron chi connectivity index (χ0n) is 19.2. The van der Waals surface area contributed by atoms with Gasteiger partial charge in [-0.25, -0.2) is 0 Å². The van der Waals surface area contributed by atoms with Crippen LogP contribution in [0, 0.1) is 6.92 Å². The summed E-state index contributed by atoms with van der Waals surface area (Å²) in [4.78, 5) is 32.4. The molecular formula is C26H31N3O3. The third-order valence-corrected chi connectivity index (χ3v) is 6.48. The van der Waals surface area contributed by atoms with Crippen LogP contribution < -0.4 is 10.3 Å². The molecule has 6 nitrogen and oxygen atoms in total. The Labute approximate surface area is 188 Å². The van der Waals surface area contributed by atoms with Crippen molar-refractivity contribution in [2.45, 2.75) is 38.8 Å². The highest BCUT2D eigenvalue weighted by Crippen LogP contribution is 2.30. The van der Waals surface area contributed by atoms with Gasteiger partial charge in [0.1, 0.15) is 5.75 Å². The van der Waals surface area contributed by atoms with Gasteiger partial charge >= 0.3 is 0 Å². The summed E-state index contributed by atoms with van der Waals surface area (Å²) in [5.74, 6) is 0.513. The predicted octanol–water partition coefficient (Wildman–Crippen LogP) is 3.82. The van der Waals surface area contributed by atoms with E-state index >= 15 is 0 Å². The van der Waals surface area contributed by atoms with Crippen molar-refractivity contribution in [1.29, 1.82) is 0 Å². The molecule has 168 valence electrons. The minimum Gasteiger partial charge on any atom is -0.481 e. The molecule has 1 aliphatic rings. The zero-order chi connectivity index (χ0) is 22.8. The van der Waals surface area contributed by atoms with E-state index in [-0.39, 0.29) is 11.5 Å². The third kappa shape index (κ3) is 4.41. The van der Waals surface area contributed by atoms with Crippen molar-refractivity contribution in [3.8, 4) is 16.9 Å². The lowest BCUT2D eigenvalue weighted by molar-refractivity contribution is -0.139. The number of aromatic amines is 1. The smallest absolute Gasteiger partial charge is 0.263 e. The fourth-order valence-corrected chi connectivity index (χ4v) is 4.52. The van der Waals surface area contributed by atoms with Crippen LogP contribution >= 0.6 is 0 Å². The number of carbonyl (C=O) groups excluding carboxylic acids is 1. The van der Waals surface area contributed by atoms with Crippen LogP contribution in [-0.2, 0) is 4.79 Å². The minimum atomic E-state index is -0.609. The number of nitrogens with one attached hydrogen (secondary N) is 1. The van der Waals surface area contributed by atoms with E-state index in [0.29, 0.717) is 17.2 Å². The van der Waals surface area contributed by atoms with Crippen LogP contribution in [0.5, 0.6) is 5.75 Å². The number of likely N-dealkylation sites (tertiary alicyclic amines) is 1. The first-order chi connectivity index (χ1) is 15.3. The Balaban J connectivity index is 1.54. The van der Waals surface area contributed by atoms with Crippen molar-refractivity contribution < 1.29 is 9.53 Å². The number of hydrogen-bond acceptors (Lipinski definition) is 4. The van der Waals surface area contributed by atoms with Crippen LogP contribution in [0.15, 0.2) is 53.5 Å². The molecule has 1 N–H and O–H groups in total. The van der Waals surface area contributed by atoms with Crippen LogP contribution in [0.3, 0.4) is 0 Å². The van der Waals surface area contributed by atoms with Gasteiger partial charge in [0, 0.05) is 30.9 Å². The van der Waals surface area contributed by atoms with Crippen LogP contribution in [-0.4, -0.2) is 60.0 Å². The van der Waals surface area contributed by atoms with Gasteiger partial charge in [-0.1, -0.05) is 24.3 Å². The molecule has 2 heterocycles. The molecule has 3 aromatic rings. The number of amides is 1. The zero-order valence-corrected chi connectivity index (χ0v) is 19.2. The molecule has 1 aliphatic heterocycles. The molecule has 4 rings (SSSR count). The van der Waals surface area contributed by atoms with Crippen molar-refractivity contribution in [1.82, 2.24) is 14.8 Å². The molecular weight excluding hydrogens is 402 g/mol. The number of aromatic nitrogens is 1. The molecule has 1 atom stereocenters. The first-order valence-corrected chi connectivity index (χ1v) is 11.2. The third-order valence-electron chi connectivity index (χ3n) is 6.48. The summed E-state index contributed by atoms with van der Waals surface area (Å²) in [6, 6.07) is 14.1. The van der Waals surface area contributed by atoms with Crippen molar-refractivity contribution in [3.05, 3.63) is 64.6 Å². The largest absolute Gasteiger partial charge is 0.481 e. The maximum Gasteiger partial charge on any atom is 0.263 e. The Morgan fingerprint density at radius 2 is 1.81 bits per heavy atom. The quantitative estimate of drug-likeness (QED) is 0.664. The van der Waals surface area contributed by atoms with E-state index in [0.717, 1.165) is 48.0 Å². The lowest BCUT2D eigenvalue weighted by Gasteiger charge is -2.36. The summed E-state index contributed by atoms with van der Waals surface area (Å²) < 4.78 is 5.98. The Bertz CT molecular complexity index is 1180. The molecule has 1 aromatic heterocycles. The van der Waals surface area contributed by atoms with E-state index in [4.69, 9.17) is 4.74 Å². The molecule has 0 aliphatic carbocycles. The van der Waals surface area contributed by atoms with Crippen LogP contribution in [0.2, 0.25) is 0 Å². The average Bonchev–Trinajstić information content (AvgIpc) is 2.80. The van der Waals surface area contributed by atoms with E-state index in [2.05, 4.69) is 37.0 Å². The maximum atomic E-state index is 12.9. The van der Waals surface area contributed by atoms with Gasteiger partial charge in [-0.2, -0.15) is 0 Å². The molecule has 32 heavy (non-hydrogen) atoms. The average molecular weight is 434 g/mol. The van der Waals surface area contributed by atoms with Gasteiger partial charge < -0.3 is 19.5 Å². The standard InChI is InChI=1S/C26H31N3O3/c1-17-7-5-6-8-21(17)24-16-27-25(30)23-15-20(9-10-22(23)24)32-18(2)26(31)29-13-11-19(12-14-29)28(3)4/h5-10,15-16,18-19H,11-14H2,1-4H3,(H,27,30)/t18-/m1/s1. The second-order valence-electron chi connectivity index (χ2n) is 8.83. The van der Waals surface area contributed by atoms with Gasteiger partial charge in [0.15, 0.2) is 6.10 Å². The molecule has 1 fully saturated rings. The molecule has 0 spiro atoms. The summed E-state index contributed by atoms with van der Waals surface area (Å²) in [5.41, 5.74) is 3.01. The molecule has 1 amide bonds. The number of ether oxygens (including phenoxy) is 1. The summed E-state index contributed by atoms with van der Waals surface area (Å²) in [6.07, 6.45) is 3.09. The predicted molar refractivity (Wildman–Crippen MR) is 128 cm³/mol. The molecule has 1 saturated heterocycles. The highest BCUT2D eigenvalue weighted by molar-refractivity contribution is 5.97. The van der Waals surface area contributed by atoms with Gasteiger partial charge in [-0.05, 0) is 75.5 Å². The van der Waals surface area contributed by atoms with Gasteiger partial charge in [-0.15, -0.1) is 0 Å². The van der Waals surface area contributed by atoms with Crippen LogP contribution in [0.25, 0.3) is 21.9 Å². The first-order valence-electron chi connectivity index (χ1n) is 11.2. The normalized spacial score (nSPS) is 15.8. The van der Waals surface area contributed by atoms with Crippen molar-refractivity contribution >= 4 is 16.7 Å². The molecule has 0 unspecified atom stereocenters. The molecule has 0 radical (unpaired) electrons. The molecule has 0 saturated carbocycles. The summed E-state index contributed by atoms with van der Waals surface area (Å²) >= 11 is 0. The highest BCUT2D eigenvalue weighted by atomic mass is 16.5. The van der Waals surface area contributed by atoms with Crippen LogP contribution in [0.1, 0.15) is 25.3 Å². The number of piperidine rings is 1. The van der Waals surface area contributed by atoms with E-state index in [1.165, 1.54) is 0 Å². The van der Waals surface area contributed by atoms with Gasteiger partial charge in [0.05, 0.1) is 5.39 Å². The van der Waals surface area contributed by atoms with Crippen molar-refractivity contribution in [3.63, 3.8) is 0 Å². The number of hydrogen-bond donors (Lipinski definition) is 1. The Kier molecular flexibility index (Phi) is 6.33. The molecule has 6 heteroatoms. The Morgan fingerprint density at radius 3 is 2.50 bits per heavy atom. The van der Waals surface area contributed by atoms with E-state index in [1.807, 2.05) is 35.2 Å². The number of aryl methyl sites for hydroxylation is 1. The monoisotopic (exact) mass is 433 g/mol. The lowest BCUT2D eigenvalue weighted by Crippen LogP contribution is -2.48. The Morgan fingerprint density at radius 1 is 1.09 bits per heavy atom. The Hall–Kier alpha value is -3.12. The number of benzene rings is 2. The van der Waals surface area contributed by atoms with Crippen molar-refractivity contribution in [2.75, 3.05) is 27.2 Å². The number of pyridine rings is 1. The fraction of sp³-hybridized carbons (Fsp3) is 0.385. The summed E-state index contributed by atoms with van der Waals surface area (Å²) in [6.45, 7) is 5.32. The number of nitrogens with zero attached hydrogens (tertiary/aromatic N) is 2. The minimum absolute atomic E-state index is 0.00938. The topological polar surface area (TPSA) is 65.6 Å². The van der Waals surface area contributed by atoms with E-state index in [9.17, 15) is 9.59 Å². The fourth-order valence-electron chi connectivity index (χ4n) is 4.52. The number of H-pyrrole nitrogens is 1. The van der Waals surface area contributed by atoms with Crippen molar-refractivity contribution in [2.24, 2.45) is 0 Å². The van der Waals surface area contributed by atoms with Gasteiger partial charge in [-0.3, -0.25) is 9.59 Å². The second kappa shape index (κ2) is 9.17. The van der Waals surface area contributed by atoms with E-state index < -0.39 is 6.10 Å². The number of carbonyl (C=O) groups is 1. The molecule has 0 bridgehead atoms. The second-order valence-corrected chi connectivity index (χ2v) is 8.83. The highest BCUT2D eigenvalue weighted by Gasteiger charge is 2.27. The summed E-state index contributed by atoms with van der Waals surface area (Å²) in [7, 11) is 4.17. The first kappa shape index (κ1) is 22.1. The number of rotatable bonds is 5. The molecule has 2 aromatic carbocycles.